The fraction of sp³-hybridized carbons (Fsp3) is 0. The molecule has 92 valence electrons. The first-order valence-corrected chi connectivity index (χ1v) is 6.03. The predicted octanol–water partition coefficient (Wildman–Crippen LogP) is 2.77. The number of halogens is 1. The van der Waals surface area contributed by atoms with Crippen molar-refractivity contribution in [3.8, 4) is 12.1 Å². The van der Waals surface area contributed by atoms with Gasteiger partial charge >= 0.3 is 0 Å². The van der Waals surface area contributed by atoms with Crippen molar-refractivity contribution < 1.29 is 4.79 Å². The van der Waals surface area contributed by atoms with Crippen molar-refractivity contribution in [1.82, 2.24) is 4.98 Å². The number of anilines is 1. The Hall–Kier alpha value is -2.57. The molecule has 0 saturated carbocycles. The number of aromatic nitrogens is 1. The summed E-state index contributed by atoms with van der Waals surface area (Å²) in [5.41, 5.74) is 1.37. The van der Waals surface area contributed by atoms with Crippen LogP contribution in [0.5, 0.6) is 0 Å². The molecule has 6 heteroatoms. The Morgan fingerprint density at radius 3 is 2.53 bits per heavy atom. The average molecular weight is 315 g/mol. The number of H-pyrrole nitrogens is 1. The lowest BCUT2D eigenvalue weighted by Crippen LogP contribution is -2.12. The molecule has 0 spiro atoms. The van der Waals surface area contributed by atoms with Gasteiger partial charge in [0.1, 0.15) is 17.8 Å². The maximum Gasteiger partial charge on any atom is 0.272 e. The van der Waals surface area contributed by atoms with Crippen LogP contribution < -0.4 is 5.32 Å². The van der Waals surface area contributed by atoms with Crippen molar-refractivity contribution in [2.45, 2.75) is 0 Å². The monoisotopic (exact) mass is 314 g/mol. The number of rotatable bonds is 2. The van der Waals surface area contributed by atoms with Crippen molar-refractivity contribution in [3.63, 3.8) is 0 Å². The number of nitrogens with one attached hydrogen (secondary N) is 2. The molecule has 0 saturated heterocycles. The number of aromatic amines is 1. The number of hydrogen-bond acceptors (Lipinski definition) is 3. The quantitative estimate of drug-likeness (QED) is 0.892. The predicted molar refractivity (Wildman–Crippen MR) is 72.3 cm³/mol. The zero-order valence-corrected chi connectivity index (χ0v) is 11.2. The molecule has 0 atom stereocenters. The van der Waals surface area contributed by atoms with Crippen molar-refractivity contribution in [3.05, 3.63) is 51.8 Å². The summed E-state index contributed by atoms with van der Waals surface area (Å²) in [6.07, 6.45) is 1.65. The van der Waals surface area contributed by atoms with Crippen molar-refractivity contribution >= 4 is 27.5 Å². The first-order valence-electron chi connectivity index (χ1n) is 5.23. The smallest absolute Gasteiger partial charge is 0.272 e. The zero-order valence-electron chi connectivity index (χ0n) is 9.57. The van der Waals surface area contributed by atoms with Crippen molar-refractivity contribution in [2.75, 3.05) is 5.32 Å². The molecule has 0 aliphatic rings. The minimum Gasteiger partial charge on any atom is -0.356 e. The second-order valence-electron chi connectivity index (χ2n) is 3.67. The van der Waals surface area contributed by atoms with Gasteiger partial charge in [0, 0.05) is 16.4 Å². The Bertz CT molecular complexity index is 721. The summed E-state index contributed by atoms with van der Waals surface area (Å²) in [6.45, 7) is 0. The molecule has 2 N–H and O–H groups in total. The van der Waals surface area contributed by atoms with Crippen LogP contribution >= 0.6 is 15.9 Å². The van der Waals surface area contributed by atoms with Gasteiger partial charge in [-0.2, -0.15) is 10.5 Å². The molecule has 0 fully saturated rings. The number of hydrogen-bond donors (Lipinski definition) is 2. The Kier molecular flexibility index (Phi) is 3.65. The van der Waals surface area contributed by atoms with Gasteiger partial charge in [-0.05, 0) is 40.2 Å². The topological polar surface area (TPSA) is 92.5 Å². The molecule has 1 aromatic heterocycles. The molecule has 0 radical (unpaired) electrons. The lowest BCUT2D eigenvalue weighted by Gasteiger charge is -2.04. The van der Waals surface area contributed by atoms with Crippen LogP contribution in [-0.2, 0) is 0 Å². The largest absolute Gasteiger partial charge is 0.356 e. The average Bonchev–Trinajstić information content (AvgIpc) is 2.85. The molecule has 2 rings (SSSR count). The molecule has 1 aromatic carbocycles. The lowest BCUT2D eigenvalue weighted by molar-refractivity contribution is 0.102. The summed E-state index contributed by atoms with van der Waals surface area (Å²) in [5, 5.41) is 20.4. The number of carbonyl (C=O) groups is 1. The standard InChI is InChI=1S/C13H7BrN4O/c14-10-4-12(17-7-10)13(19)18-11-2-1-8(5-15)9(3-11)6-16/h1-4,7,17H,(H,18,19). The van der Waals surface area contributed by atoms with E-state index in [2.05, 4.69) is 26.2 Å². The molecule has 0 aliphatic carbocycles. The summed E-state index contributed by atoms with van der Waals surface area (Å²) in [4.78, 5) is 14.7. The number of benzene rings is 1. The summed E-state index contributed by atoms with van der Waals surface area (Å²) in [6, 6.07) is 10.0. The van der Waals surface area contributed by atoms with E-state index < -0.39 is 0 Å². The van der Waals surface area contributed by atoms with E-state index in [1.54, 1.807) is 18.3 Å². The van der Waals surface area contributed by atoms with Gasteiger partial charge in [-0.3, -0.25) is 4.79 Å². The van der Waals surface area contributed by atoms with Gasteiger partial charge in [0.25, 0.3) is 5.91 Å². The summed E-state index contributed by atoms with van der Waals surface area (Å²) < 4.78 is 0.773. The van der Waals surface area contributed by atoms with Crippen LogP contribution in [0.25, 0.3) is 0 Å². The van der Waals surface area contributed by atoms with Crippen molar-refractivity contribution in [2.24, 2.45) is 0 Å². The van der Waals surface area contributed by atoms with Gasteiger partial charge in [-0.25, -0.2) is 0 Å². The second kappa shape index (κ2) is 5.38. The van der Waals surface area contributed by atoms with Crippen LogP contribution in [0.3, 0.4) is 0 Å². The SMILES string of the molecule is N#Cc1ccc(NC(=O)c2cc(Br)c[nH]2)cc1C#N. The summed E-state index contributed by atoms with van der Waals surface area (Å²) in [5.74, 6) is -0.320. The third-order valence-corrected chi connectivity index (χ3v) is 2.87. The highest BCUT2D eigenvalue weighted by molar-refractivity contribution is 9.10. The lowest BCUT2D eigenvalue weighted by atomic mass is 10.1. The fourth-order valence-corrected chi connectivity index (χ4v) is 1.85. The Balaban J connectivity index is 2.23. The van der Waals surface area contributed by atoms with Gasteiger partial charge in [-0.15, -0.1) is 0 Å². The Morgan fingerprint density at radius 1 is 1.21 bits per heavy atom. The molecule has 2 aromatic rings. The molecule has 0 bridgehead atoms. The minimum atomic E-state index is -0.320. The van der Waals surface area contributed by atoms with Gasteiger partial charge < -0.3 is 10.3 Å². The van der Waals surface area contributed by atoms with Crippen LogP contribution in [0.1, 0.15) is 21.6 Å². The van der Waals surface area contributed by atoms with E-state index in [1.165, 1.54) is 12.1 Å². The number of nitriles is 2. The Labute approximate surface area is 117 Å². The van der Waals surface area contributed by atoms with Crippen molar-refractivity contribution in [1.29, 1.82) is 10.5 Å². The third kappa shape index (κ3) is 2.82. The van der Waals surface area contributed by atoms with Gasteiger partial charge in [0.15, 0.2) is 0 Å². The molecule has 1 amide bonds. The highest BCUT2D eigenvalue weighted by Gasteiger charge is 2.09. The zero-order chi connectivity index (χ0) is 13.8. The number of amides is 1. The maximum atomic E-state index is 11.9. The van der Waals surface area contributed by atoms with E-state index in [4.69, 9.17) is 10.5 Å². The first-order chi connectivity index (χ1) is 9.13. The molecule has 1 heterocycles. The van der Waals surface area contributed by atoms with Gasteiger partial charge in [0.2, 0.25) is 0 Å². The van der Waals surface area contributed by atoms with E-state index in [1.807, 2.05) is 12.1 Å². The highest BCUT2D eigenvalue weighted by atomic mass is 79.9. The third-order valence-electron chi connectivity index (χ3n) is 2.41. The second-order valence-corrected chi connectivity index (χ2v) is 4.59. The molecule has 19 heavy (non-hydrogen) atoms. The van der Waals surface area contributed by atoms with Crippen LogP contribution in [0.15, 0.2) is 34.9 Å². The molecule has 0 aliphatic heterocycles. The van der Waals surface area contributed by atoms with E-state index >= 15 is 0 Å². The highest BCUT2D eigenvalue weighted by Crippen LogP contribution is 2.16. The normalized spacial score (nSPS) is 9.42. The first kappa shape index (κ1) is 12.9. The van der Waals surface area contributed by atoms with Crippen LogP contribution in [0, 0.1) is 22.7 Å². The van der Waals surface area contributed by atoms with E-state index in [0.29, 0.717) is 11.4 Å². The Morgan fingerprint density at radius 2 is 1.95 bits per heavy atom. The van der Waals surface area contributed by atoms with Crippen LogP contribution in [-0.4, -0.2) is 10.9 Å². The van der Waals surface area contributed by atoms with Gasteiger partial charge in [0.05, 0.1) is 11.1 Å². The maximum absolute atomic E-state index is 11.9. The summed E-state index contributed by atoms with van der Waals surface area (Å²) in [7, 11) is 0. The minimum absolute atomic E-state index is 0.230. The van der Waals surface area contributed by atoms with E-state index in [0.717, 1.165) is 4.47 Å². The van der Waals surface area contributed by atoms with Crippen LogP contribution in [0.4, 0.5) is 5.69 Å². The molecular weight excluding hydrogens is 308 g/mol. The fourth-order valence-electron chi connectivity index (χ4n) is 1.51. The molecule has 5 nitrogen and oxygen atoms in total. The van der Waals surface area contributed by atoms with Gasteiger partial charge in [-0.1, -0.05) is 0 Å². The number of nitrogens with zero attached hydrogens (tertiary/aromatic N) is 2. The summed E-state index contributed by atoms with van der Waals surface area (Å²) >= 11 is 3.24. The van der Waals surface area contributed by atoms with E-state index in [-0.39, 0.29) is 17.0 Å². The van der Waals surface area contributed by atoms with Crippen LogP contribution in [0.2, 0.25) is 0 Å². The molecular formula is C13H7BrN4O. The number of carbonyl (C=O) groups excluding carboxylic acids is 1. The molecule has 0 unspecified atom stereocenters. The van der Waals surface area contributed by atoms with E-state index in [9.17, 15) is 4.79 Å².